The molecule has 128 valence electrons. The minimum Gasteiger partial charge on any atom is -0.353 e. The normalized spacial score (nSPS) is 17.5. The van der Waals surface area contributed by atoms with Gasteiger partial charge in [-0.25, -0.2) is 4.68 Å². The van der Waals surface area contributed by atoms with E-state index in [1.807, 2.05) is 6.07 Å². The van der Waals surface area contributed by atoms with Crippen molar-refractivity contribution in [2.45, 2.75) is 32.4 Å². The van der Waals surface area contributed by atoms with E-state index < -0.39 is 0 Å². The van der Waals surface area contributed by atoms with Crippen LogP contribution in [0.25, 0.3) is 0 Å². The van der Waals surface area contributed by atoms with Gasteiger partial charge in [0, 0.05) is 6.54 Å². The van der Waals surface area contributed by atoms with E-state index in [0.29, 0.717) is 6.54 Å². The Labute approximate surface area is 142 Å². The molecule has 0 aliphatic carbocycles. The third-order valence-corrected chi connectivity index (χ3v) is 4.63. The van der Waals surface area contributed by atoms with Crippen LogP contribution in [0.15, 0.2) is 36.7 Å². The van der Waals surface area contributed by atoms with Gasteiger partial charge < -0.3 is 5.32 Å². The van der Waals surface area contributed by atoms with Crippen LogP contribution >= 0.6 is 0 Å². The van der Waals surface area contributed by atoms with Gasteiger partial charge in [0.1, 0.15) is 12.9 Å². The van der Waals surface area contributed by atoms with Crippen LogP contribution in [0.3, 0.4) is 0 Å². The number of carbonyl (C=O) groups excluding carboxylic acids is 1. The summed E-state index contributed by atoms with van der Waals surface area (Å²) in [6.45, 7) is 5.20. The monoisotopic (exact) mass is 328 g/mol. The van der Waals surface area contributed by atoms with E-state index in [1.54, 1.807) is 0 Å². The molecule has 2 heterocycles. The Morgan fingerprint density at radius 3 is 2.71 bits per heavy atom. The second kappa shape index (κ2) is 8.01. The number of likely N-dealkylation sites (tertiary alicyclic amines) is 1. The molecule has 1 N–H and O–H groups in total. The Kier molecular flexibility index (Phi) is 5.53. The Balaban J connectivity index is 1.62. The minimum atomic E-state index is -0.0754. The van der Waals surface area contributed by atoms with Gasteiger partial charge in [-0.1, -0.05) is 37.3 Å². The Bertz CT molecular complexity index is 622. The zero-order chi connectivity index (χ0) is 16.8. The third-order valence-electron chi connectivity index (χ3n) is 4.63. The van der Waals surface area contributed by atoms with Crippen LogP contribution in [0, 0.1) is 5.92 Å². The first-order chi connectivity index (χ1) is 11.7. The average molecular weight is 328 g/mol. The molecule has 3 rings (SSSR count). The number of tetrazole rings is 1. The summed E-state index contributed by atoms with van der Waals surface area (Å²) in [7, 11) is 0. The number of piperidine rings is 1. The maximum Gasteiger partial charge on any atom is 0.241 e. The summed E-state index contributed by atoms with van der Waals surface area (Å²) in [5.41, 5.74) is 1.25. The zero-order valence-corrected chi connectivity index (χ0v) is 14.0. The first kappa shape index (κ1) is 16.6. The molecule has 1 aromatic carbocycles. The van der Waals surface area contributed by atoms with Crippen LogP contribution in [0.1, 0.15) is 31.4 Å². The molecule has 7 nitrogen and oxygen atoms in total. The van der Waals surface area contributed by atoms with Crippen molar-refractivity contribution in [2.24, 2.45) is 5.92 Å². The maximum absolute atomic E-state index is 12.1. The molecule has 0 spiro atoms. The predicted octanol–water partition coefficient (Wildman–Crippen LogP) is 1.26. The van der Waals surface area contributed by atoms with Crippen molar-refractivity contribution in [1.82, 2.24) is 30.4 Å². The van der Waals surface area contributed by atoms with E-state index >= 15 is 0 Å². The molecule has 0 saturated carbocycles. The van der Waals surface area contributed by atoms with Gasteiger partial charge in [0.2, 0.25) is 5.91 Å². The Hall–Kier alpha value is -2.28. The lowest BCUT2D eigenvalue weighted by molar-refractivity contribution is -0.122. The van der Waals surface area contributed by atoms with Crippen molar-refractivity contribution in [1.29, 1.82) is 0 Å². The number of hydrogen-bond donors (Lipinski definition) is 1. The summed E-state index contributed by atoms with van der Waals surface area (Å²) < 4.78 is 1.43. The molecule has 0 radical (unpaired) electrons. The molecule has 2 aromatic rings. The van der Waals surface area contributed by atoms with Crippen LogP contribution in [-0.2, 0) is 11.3 Å². The first-order valence-corrected chi connectivity index (χ1v) is 8.49. The van der Waals surface area contributed by atoms with Crippen molar-refractivity contribution in [2.75, 3.05) is 19.6 Å². The number of amides is 1. The van der Waals surface area contributed by atoms with Crippen molar-refractivity contribution in [3.63, 3.8) is 0 Å². The summed E-state index contributed by atoms with van der Waals surface area (Å²) in [5, 5.41) is 13.8. The summed E-state index contributed by atoms with van der Waals surface area (Å²) in [6, 6.07) is 10.6. The molecule has 1 fully saturated rings. The minimum absolute atomic E-state index is 0.0754. The smallest absolute Gasteiger partial charge is 0.241 e. The average Bonchev–Trinajstić information content (AvgIpc) is 3.10. The van der Waals surface area contributed by atoms with Crippen molar-refractivity contribution < 1.29 is 4.79 Å². The number of carbonyl (C=O) groups is 1. The van der Waals surface area contributed by atoms with Gasteiger partial charge in [0.25, 0.3) is 0 Å². The number of nitrogens with zero attached hydrogens (tertiary/aromatic N) is 5. The summed E-state index contributed by atoms with van der Waals surface area (Å²) in [5.74, 6) is 0.709. The van der Waals surface area contributed by atoms with Crippen LogP contribution in [0.2, 0.25) is 0 Å². The van der Waals surface area contributed by atoms with Crippen LogP contribution in [0.4, 0.5) is 0 Å². The second-order valence-corrected chi connectivity index (χ2v) is 6.46. The van der Waals surface area contributed by atoms with Gasteiger partial charge in [-0.3, -0.25) is 9.69 Å². The number of aromatic nitrogens is 4. The van der Waals surface area contributed by atoms with E-state index in [2.05, 4.69) is 56.9 Å². The van der Waals surface area contributed by atoms with Gasteiger partial charge in [0.05, 0.1) is 6.04 Å². The van der Waals surface area contributed by atoms with Crippen LogP contribution < -0.4 is 5.32 Å². The predicted molar refractivity (Wildman–Crippen MR) is 90.0 cm³/mol. The van der Waals surface area contributed by atoms with Gasteiger partial charge in [-0.05, 0) is 47.8 Å². The fraction of sp³-hybridized carbons (Fsp3) is 0.529. The fourth-order valence-corrected chi connectivity index (χ4v) is 3.14. The molecule has 1 saturated heterocycles. The molecular weight excluding hydrogens is 304 g/mol. The largest absolute Gasteiger partial charge is 0.353 e. The van der Waals surface area contributed by atoms with Gasteiger partial charge in [-0.15, -0.1) is 5.10 Å². The van der Waals surface area contributed by atoms with E-state index in [1.165, 1.54) is 29.4 Å². The molecule has 1 amide bonds. The molecular formula is C17H24N6O. The van der Waals surface area contributed by atoms with Gasteiger partial charge >= 0.3 is 0 Å². The highest BCUT2D eigenvalue weighted by Gasteiger charge is 2.25. The molecule has 1 aliphatic heterocycles. The lowest BCUT2D eigenvalue weighted by atomic mass is 9.95. The first-order valence-electron chi connectivity index (χ1n) is 8.49. The molecule has 1 atom stereocenters. The van der Waals surface area contributed by atoms with Crippen LogP contribution in [0.5, 0.6) is 0 Å². The fourth-order valence-electron chi connectivity index (χ4n) is 3.14. The van der Waals surface area contributed by atoms with E-state index in [9.17, 15) is 4.79 Å². The van der Waals surface area contributed by atoms with Gasteiger partial charge in [0.15, 0.2) is 0 Å². The molecule has 0 unspecified atom stereocenters. The number of hydrogen-bond acceptors (Lipinski definition) is 5. The quantitative estimate of drug-likeness (QED) is 0.864. The molecule has 1 aromatic heterocycles. The summed E-state index contributed by atoms with van der Waals surface area (Å²) in [4.78, 5) is 14.6. The van der Waals surface area contributed by atoms with Crippen molar-refractivity contribution in [3.05, 3.63) is 42.2 Å². The molecule has 7 heteroatoms. The number of rotatable bonds is 6. The zero-order valence-electron chi connectivity index (χ0n) is 14.0. The number of benzene rings is 1. The van der Waals surface area contributed by atoms with Crippen molar-refractivity contribution >= 4 is 5.91 Å². The summed E-state index contributed by atoms with van der Waals surface area (Å²) in [6.07, 6.45) is 3.87. The van der Waals surface area contributed by atoms with Crippen LogP contribution in [-0.4, -0.2) is 50.6 Å². The lowest BCUT2D eigenvalue weighted by Gasteiger charge is -2.37. The molecule has 0 bridgehead atoms. The SMILES string of the molecule is CC1CCN([C@@H](CNC(=O)Cn2cnnn2)c2ccccc2)CC1. The van der Waals surface area contributed by atoms with E-state index in [-0.39, 0.29) is 18.5 Å². The lowest BCUT2D eigenvalue weighted by Crippen LogP contribution is -2.42. The highest BCUT2D eigenvalue weighted by atomic mass is 16.2. The van der Waals surface area contributed by atoms with E-state index in [4.69, 9.17) is 0 Å². The number of nitrogens with one attached hydrogen (secondary N) is 1. The topological polar surface area (TPSA) is 75.9 Å². The van der Waals surface area contributed by atoms with E-state index in [0.717, 1.165) is 19.0 Å². The highest BCUT2D eigenvalue weighted by molar-refractivity contribution is 5.75. The standard InChI is InChI=1S/C17H24N6O/c1-14-7-9-22(10-8-14)16(15-5-3-2-4-6-15)11-18-17(24)12-23-13-19-20-21-23/h2-6,13-14,16H,7-12H2,1H3,(H,18,24)/t16-/m0/s1. The third kappa shape index (κ3) is 4.38. The molecule has 24 heavy (non-hydrogen) atoms. The summed E-state index contributed by atoms with van der Waals surface area (Å²) >= 11 is 0. The molecule has 1 aliphatic rings. The second-order valence-electron chi connectivity index (χ2n) is 6.46. The van der Waals surface area contributed by atoms with Gasteiger partial charge in [-0.2, -0.15) is 0 Å². The van der Waals surface area contributed by atoms with Crippen molar-refractivity contribution in [3.8, 4) is 0 Å². The highest BCUT2D eigenvalue weighted by Crippen LogP contribution is 2.26. The Morgan fingerprint density at radius 1 is 1.29 bits per heavy atom. The Morgan fingerprint density at radius 2 is 2.04 bits per heavy atom. The maximum atomic E-state index is 12.1.